The number of nitrogens with zero attached hydrogens (tertiary/aromatic N) is 2. The van der Waals surface area contributed by atoms with E-state index in [0.717, 1.165) is 18.7 Å². The van der Waals surface area contributed by atoms with Crippen LogP contribution in [-0.2, 0) is 13.1 Å². The molecule has 3 heteroatoms. The Bertz CT molecular complexity index is 227. The van der Waals surface area contributed by atoms with Crippen molar-refractivity contribution in [2.45, 2.75) is 33.4 Å². The predicted molar refractivity (Wildman–Crippen MR) is 45.1 cm³/mol. The van der Waals surface area contributed by atoms with Gasteiger partial charge in [0.25, 0.3) is 0 Å². The third-order valence-corrected chi connectivity index (χ3v) is 1.79. The second kappa shape index (κ2) is 3.53. The average Bonchev–Trinajstić information content (AvgIpc) is 2.33. The lowest BCUT2D eigenvalue weighted by Crippen LogP contribution is -2.09. The predicted octanol–water partition coefficient (Wildman–Crippen LogP) is 1.06. The van der Waals surface area contributed by atoms with Gasteiger partial charge in [0.2, 0.25) is 0 Å². The zero-order valence-corrected chi connectivity index (χ0v) is 7.17. The van der Waals surface area contributed by atoms with Crippen LogP contribution >= 0.6 is 0 Å². The molecule has 0 aliphatic carbocycles. The van der Waals surface area contributed by atoms with Crippen molar-refractivity contribution in [2.24, 2.45) is 5.73 Å². The SMILES string of the molecule is CCCn1ncc(C)c1CN. The van der Waals surface area contributed by atoms with Crippen LogP contribution in [0.25, 0.3) is 0 Å². The van der Waals surface area contributed by atoms with Crippen LogP contribution in [0.4, 0.5) is 0 Å². The summed E-state index contributed by atoms with van der Waals surface area (Å²) >= 11 is 0. The third kappa shape index (κ3) is 1.60. The van der Waals surface area contributed by atoms with E-state index in [4.69, 9.17) is 5.73 Å². The molecule has 0 atom stereocenters. The van der Waals surface area contributed by atoms with E-state index in [0.29, 0.717) is 6.54 Å². The monoisotopic (exact) mass is 153 g/mol. The molecule has 1 aromatic rings. The molecule has 3 nitrogen and oxygen atoms in total. The molecule has 0 saturated heterocycles. The molecule has 0 radical (unpaired) electrons. The molecular weight excluding hydrogens is 138 g/mol. The Hall–Kier alpha value is -0.830. The fraction of sp³-hybridized carbons (Fsp3) is 0.625. The van der Waals surface area contributed by atoms with Crippen molar-refractivity contribution >= 4 is 0 Å². The quantitative estimate of drug-likeness (QED) is 0.705. The lowest BCUT2D eigenvalue weighted by molar-refractivity contribution is 0.574. The number of rotatable bonds is 3. The Morgan fingerprint density at radius 2 is 2.36 bits per heavy atom. The van der Waals surface area contributed by atoms with E-state index >= 15 is 0 Å². The summed E-state index contributed by atoms with van der Waals surface area (Å²) in [4.78, 5) is 0. The average molecular weight is 153 g/mol. The first-order valence-corrected chi connectivity index (χ1v) is 4.01. The molecular formula is C8H15N3. The summed E-state index contributed by atoms with van der Waals surface area (Å²) in [6.45, 7) is 5.74. The van der Waals surface area contributed by atoms with Crippen LogP contribution in [0.15, 0.2) is 6.20 Å². The van der Waals surface area contributed by atoms with Crippen molar-refractivity contribution in [1.82, 2.24) is 9.78 Å². The summed E-state index contributed by atoms with van der Waals surface area (Å²) in [6, 6.07) is 0. The molecule has 0 unspecified atom stereocenters. The zero-order valence-electron chi connectivity index (χ0n) is 7.17. The maximum absolute atomic E-state index is 5.57. The highest BCUT2D eigenvalue weighted by molar-refractivity contribution is 5.14. The van der Waals surface area contributed by atoms with Gasteiger partial charge in [0.1, 0.15) is 0 Å². The minimum Gasteiger partial charge on any atom is -0.325 e. The fourth-order valence-electron chi connectivity index (χ4n) is 1.17. The summed E-state index contributed by atoms with van der Waals surface area (Å²) in [5.41, 5.74) is 7.92. The molecule has 0 aliphatic heterocycles. The first-order chi connectivity index (χ1) is 5.29. The van der Waals surface area contributed by atoms with Crippen LogP contribution in [0.1, 0.15) is 24.6 Å². The molecule has 0 bridgehead atoms. The number of aryl methyl sites for hydroxylation is 2. The van der Waals surface area contributed by atoms with Gasteiger partial charge in [-0.2, -0.15) is 5.10 Å². The van der Waals surface area contributed by atoms with E-state index in [1.807, 2.05) is 17.8 Å². The van der Waals surface area contributed by atoms with Crippen LogP contribution in [0.5, 0.6) is 0 Å². The van der Waals surface area contributed by atoms with Gasteiger partial charge >= 0.3 is 0 Å². The summed E-state index contributed by atoms with van der Waals surface area (Å²) in [6.07, 6.45) is 2.98. The van der Waals surface area contributed by atoms with Gasteiger partial charge in [-0.05, 0) is 18.9 Å². The lowest BCUT2D eigenvalue weighted by Gasteiger charge is -2.03. The molecule has 1 aromatic heterocycles. The van der Waals surface area contributed by atoms with Crippen molar-refractivity contribution in [3.8, 4) is 0 Å². The van der Waals surface area contributed by atoms with Crippen molar-refractivity contribution < 1.29 is 0 Å². The molecule has 0 spiro atoms. The van der Waals surface area contributed by atoms with Crippen LogP contribution in [0, 0.1) is 6.92 Å². The summed E-state index contributed by atoms with van der Waals surface area (Å²) in [5.74, 6) is 0. The van der Waals surface area contributed by atoms with Crippen molar-refractivity contribution in [3.63, 3.8) is 0 Å². The number of hydrogen-bond donors (Lipinski definition) is 1. The molecule has 1 rings (SSSR count). The molecule has 0 saturated carbocycles. The van der Waals surface area contributed by atoms with Crippen LogP contribution in [0.2, 0.25) is 0 Å². The highest BCUT2D eigenvalue weighted by Crippen LogP contribution is 2.05. The van der Waals surface area contributed by atoms with E-state index < -0.39 is 0 Å². The summed E-state index contributed by atoms with van der Waals surface area (Å²) in [7, 11) is 0. The Morgan fingerprint density at radius 1 is 1.64 bits per heavy atom. The normalized spacial score (nSPS) is 10.5. The highest BCUT2D eigenvalue weighted by atomic mass is 15.3. The minimum atomic E-state index is 0.589. The van der Waals surface area contributed by atoms with Gasteiger partial charge in [0.05, 0.1) is 11.9 Å². The van der Waals surface area contributed by atoms with E-state index in [1.165, 1.54) is 5.56 Å². The third-order valence-electron chi connectivity index (χ3n) is 1.79. The number of nitrogens with two attached hydrogens (primary N) is 1. The first-order valence-electron chi connectivity index (χ1n) is 4.01. The van der Waals surface area contributed by atoms with E-state index in [2.05, 4.69) is 12.0 Å². The van der Waals surface area contributed by atoms with Gasteiger partial charge in [-0.15, -0.1) is 0 Å². The Kier molecular flexibility index (Phi) is 2.65. The summed E-state index contributed by atoms with van der Waals surface area (Å²) in [5, 5.41) is 4.21. The van der Waals surface area contributed by atoms with Gasteiger partial charge in [-0.1, -0.05) is 6.92 Å². The minimum absolute atomic E-state index is 0.589. The van der Waals surface area contributed by atoms with E-state index in [9.17, 15) is 0 Å². The molecule has 2 N–H and O–H groups in total. The van der Waals surface area contributed by atoms with Crippen LogP contribution in [-0.4, -0.2) is 9.78 Å². The maximum atomic E-state index is 5.57. The molecule has 1 heterocycles. The first kappa shape index (κ1) is 8.27. The van der Waals surface area contributed by atoms with Crippen LogP contribution in [0.3, 0.4) is 0 Å². The van der Waals surface area contributed by atoms with Gasteiger partial charge in [0.15, 0.2) is 0 Å². The van der Waals surface area contributed by atoms with E-state index in [1.54, 1.807) is 0 Å². The maximum Gasteiger partial charge on any atom is 0.0548 e. The number of aromatic nitrogens is 2. The molecule has 0 amide bonds. The zero-order chi connectivity index (χ0) is 8.27. The fourth-order valence-corrected chi connectivity index (χ4v) is 1.17. The molecule has 11 heavy (non-hydrogen) atoms. The lowest BCUT2D eigenvalue weighted by atomic mass is 10.3. The van der Waals surface area contributed by atoms with Crippen molar-refractivity contribution in [1.29, 1.82) is 0 Å². The highest BCUT2D eigenvalue weighted by Gasteiger charge is 2.02. The Morgan fingerprint density at radius 3 is 2.91 bits per heavy atom. The smallest absolute Gasteiger partial charge is 0.0548 e. The standard InChI is InChI=1S/C8H15N3/c1-3-4-11-8(5-9)7(2)6-10-11/h6H,3-5,9H2,1-2H3. The Labute approximate surface area is 67.2 Å². The molecule has 0 fully saturated rings. The largest absolute Gasteiger partial charge is 0.325 e. The molecule has 62 valence electrons. The molecule has 0 aliphatic rings. The van der Waals surface area contributed by atoms with Gasteiger partial charge in [-0.25, -0.2) is 0 Å². The van der Waals surface area contributed by atoms with Crippen LogP contribution < -0.4 is 5.73 Å². The number of hydrogen-bond acceptors (Lipinski definition) is 2. The van der Waals surface area contributed by atoms with E-state index in [-0.39, 0.29) is 0 Å². The molecule has 0 aromatic carbocycles. The van der Waals surface area contributed by atoms with Crippen molar-refractivity contribution in [3.05, 3.63) is 17.5 Å². The topological polar surface area (TPSA) is 43.8 Å². The van der Waals surface area contributed by atoms with Gasteiger partial charge < -0.3 is 5.73 Å². The van der Waals surface area contributed by atoms with Gasteiger partial charge in [-0.3, -0.25) is 4.68 Å². The Balaban J connectivity index is 2.86. The second-order valence-electron chi connectivity index (χ2n) is 2.70. The second-order valence-corrected chi connectivity index (χ2v) is 2.70. The summed E-state index contributed by atoms with van der Waals surface area (Å²) < 4.78 is 1.98. The van der Waals surface area contributed by atoms with Gasteiger partial charge in [0, 0.05) is 13.1 Å². The van der Waals surface area contributed by atoms with Crippen molar-refractivity contribution in [2.75, 3.05) is 0 Å².